The van der Waals surface area contributed by atoms with Crippen molar-refractivity contribution in [3.8, 4) is 0 Å². The zero-order chi connectivity index (χ0) is 13.4. The summed E-state index contributed by atoms with van der Waals surface area (Å²) in [7, 11) is 0. The molecular weight excluding hydrogens is 232 g/mol. The molecule has 3 aromatic rings. The lowest BCUT2D eigenvalue weighted by atomic mass is 9.99. The first-order valence-electron chi connectivity index (χ1n) is 6.38. The fourth-order valence-corrected chi connectivity index (χ4v) is 2.46. The molecule has 0 aliphatic rings. The predicted molar refractivity (Wildman–Crippen MR) is 83.1 cm³/mol. The average molecular weight is 248 g/mol. The third kappa shape index (κ3) is 2.06. The number of aryl methyl sites for hydroxylation is 1. The van der Waals surface area contributed by atoms with Crippen molar-refractivity contribution in [3.05, 3.63) is 54.1 Å². The Morgan fingerprint density at radius 3 is 2.32 bits per heavy atom. The molecule has 0 aliphatic carbocycles. The highest BCUT2D eigenvalue weighted by atomic mass is 14.8. The number of rotatable bonds is 1. The van der Waals surface area contributed by atoms with Crippen LogP contribution in [0, 0.1) is 6.92 Å². The van der Waals surface area contributed by atoms with Gasteiger partial charge in [0.15, 0.2) is 0 Å². The fourth-order valence-electron chi connectivity index (χ4n) is 2.46. The standard InChI is InChI=1S/C17H16N2/c1-11-16-10-14-6-4-3-5-13(14)9-15(16)7-8-17(11)19-12(2)18/h3-10H,1-2H3,(H2,18,19). The van der Waals surface area contributed by atoms with Crippen LogP contribution in [0.5, 0.6) is 0 Å². The lowest BCUT2D eigenvalue weighted by molar-refractivity contribution is 1.40. The molecule has 0 heterocycles. The molecule has 0 amide bonds. The Balaban J connectivity index is 2.36. The van der Waals surface area contributed by atoms with Gasteiger partial charge in [-0.1, -0.05) is 30.3 Å². The van der Waals surface area contributed by atoms with Gasteiger partial charge in [-0.15, -0.1) is 0 Å². The van der Waals surface area contributed by atoms with Crippen LogP contribution in [0.25, 0.3) is 21.5 Å². The van der Waals surface area contributed by atoms with Gasteiger partial charge in [0.1, 0.15) is 0 Å². The molecule has 2 heteroatoms. The minimum absolute atomic E-state index is 0.586. The molecule has 0 saturated heterocycles. The first-order chi connectivity index (χ1) is 9.15. The summed E-state index contributed by atoms with van der Waals surface area (Å²) >= 11 is 0. The Morgan fingerprint density at radius 1 is 0.947 bits per heavy atom. The van der Waals surface area contributed by atoms with Gasteiger partial charge in [0.05, 0.1) is 11.5 Å². The zero-order valence-corrected chi connectivity index (χ0v) is 11.1. The highest BCUT2D eigenvalue weighted by Gasteiger charge is 2.04. The maximum absolute atomic E-state index is 5.68. The van der Waals surface area contributed by atoms with Crippen molar-refractivity contribution in [1.29, 1.82) is 0 Å². The van der Waals surface area contributed by atoms with Gasteiger partial charge in [-0.2, -0.15) is 0 Å². The second-order valence-corrected chi connectivity index (χ2v) is 4.88. The molecule has 2 nitrogen and oxygen atoms in total. The van der Waals surface area contributed by atoms with Crippen molar-refractivity contribution in [1.82, 2.24) is 0 Å². The molecule has 19 heavy (non-hydrogen) atoms. The Hall–Kier alpha value is -2.35. The van der Waals surface area contributed by atoms with Crippen molar-refractivity contribution >= 4 is 33.1 Å². The number of aliphatic imine (C=N–C) groups is 1. The van der Waals surface area contributed by atoms with Gasteiger partial charge < -0.3 is 5.73 Å². The van der Waals surface area contributed by atoms with Gasteiger partial charge >= 0.3 is 0 Å². The second kappa shape index (κ2) is 4.39. The number of nitrogens with zero attached hydrogens (tertiary/aromatic N) is 1. The normalized spacial score (nSPS) is 12.2. The summed E-state index contributed by atoms with van der Waals surface area (Å²) in [6.45, 7) is 3.91. The van der Waals surface area contributed by atoms with E-state index in [1.807, 2.05) is 13.0 Å². The van der Waals surface area contributed by atoms with Crippen LogP contribution in [0.1, 0.15) is 12.5 Å². The van der Waals surface area contributed by atoms with E-state index in [0.717, 1.165) is 5.69 Å². The summed E-state index contributed by atoms with van der Waals surface area (Å²) < 4.78 is 0. The van der Waals surface area contributed by atoms with Crippen LogP contribution in [-0.2, 0) is 0 Å². The lowest BCUT2D eigenvalue weighted by Gasteiger charge is -2.08. The third-order valence-corrected chi connectivity index (χ3v) is 3.42. The van der Waals surface area contributed by atoms with Crippen LogP contribution in [-0.4, -0.2) is 5.84 Å². The molecule has 0 saturated carbocycles. The van der Waals surface area contributed by atoms with E-state index in [4.69, 9.17) is 5.73 Å². The van der Waals surface area contributed by atoms with E-state index in [-0.39, 0.29) is 0 Å². The Bertz CT molecular complexity index is 797. The van der Waals surface area contributed by atoms with E-state index in [1.165, 1.54) is 27.1 Å². The number of fused-ring (bicyclic) bond motifs is 2. The fraction of sp³-hybridized carbons (Fsp3) is 0.118. The summed E-state index contributed by atoms with van der Waals surface area (Å²) in [4.78, 5) is 4.38. The summed E-state index contributed by atoms with van der Waals surface area (Å²) in [5.41, 5.74) is 7.80. The zero-order valence-electron chi connectivity index (χ0n) is 11.1. The van der Waals surface area contributed by atoms with Gasteiger partial charge in [0, 0.05) is 0 Å². The number of hydrogen-bond donors (Lipinski definition) is 1. The van der Waals surface area contributed by atoms with E-state index in [2.05, 4.69) is 54.4 Å². The van der Waals surface area contributed by atoms with Crippen molar-refractivity contribution in [2.45, 2.75) is 13.8 Å². The van der Waals surface area contributed by atoms with E-state index >= 15 is 0 Å². The number of benzene rings is 3. The van der Waals surface area contributed by atoms with Crippen LogP contribution in [0.3, 0.4) is 0 Å². The minimum Gasteiger partial charge on any atom is -0.387 e. The van der Waals surface area contributed by atoms with Gasteiger partial charge in [-0.05, 0) is 59.2 Å². The predicted octanol–water partition coefficient (Wildman–Crippen LogP) is 4.31. The average Bonchev–Trinajstić information content (AvgIpc) is 2.40. The van der Waals surface area contributed by atoms with E-state index in [1.54, 1.807) is 0 Å². The van der Waals surface area contributed by atoms with E-state index in [0.29, 0.717) is 5.84 Å². The van der Waals surface area contributed by atoms with Gasteiger partial charge in [-0.3, -0.25) is 0 Å². The Kier molecular flexibility index (Phi) is 2.71. The number of hydrogen-bond acceptors (Lipinski definition) is 1. The van der Waals surface area contributed by atoms with E-state index in [9.17, 15) is 0 Å². The van der Waals surface area contributed by atoms with Crippen LogP contribution < -0.4 is 5.73 Å². The Morgan fingerprint density at radius 2 is 1.63 bits per heavy atom. The second-order valence-electron chi connectivity index (χ2n) is 4.88. The first kappa shape index (κ1) is 11.7. The summed E-state index contributed by atoms with van der Waals surface area (Å²) in [6, 6.07) is 17.0. The molecule has 0 fully saturated rings. The quantitative estimate of drug-likeness (QED) is 0.389. The smallest absolute Gasteiger partial charge is 0.0965 e. The van der Waals surface area contributed by atoms with Gasteiger partial charge in [-0.25, -0.2) is 4.99 Å². The highest BCUT2D eigenvalue weighted by molar-refractivity contribution is 6.01. The lowest BCUT2D eigenvalue weighted by Crippen LogP contribution is -2.04. The molecule has 2 N–H and O–H groups in total. The molecule has 0 aliphatic heterocycles. The van der Waals surface area contributed by atoms with Crippen LogP contribution in [0.15, 0.2) is 53.5 Å². The number of nitrogens with two attached hydrogens (primary N) is 1. The highest BCUT2D eigenvalue weighted by Crippen LogP contribution is 2.30. The van der Waals surface area contributed by atoms with Gasteiger partial charge in [0.2, 0.25) is 0 Å². The molecule has 3 rings (SSSR count). The Labute approximate surface area is 112 Å². The maximum Gasteiger partial charge on any atom is 0.0965 e. The SMILES string of the molecule is CC(N)=Nc1ccc2cc3ccccc3cc2c1C. The molecule has 0 aromatic heterocycles. The van der Waals surface area contributed by atoms with Crippen molar-refractivity contribution < 1.29 is 0 Å². The molecule has 0 unspecified atom stereocenters. The minimum atomic E-state index is 0.586. The third-order valence-electron chi connectivity index (χ3n) is 3.42. The van der Waals surface area contributed by atoms with Crippen molar-refractivity contribution in [2.75, 3.05) is 0 Å². The molecule has 0 bridgehead atoms. The molecule has 0 atom stereocenters. The summed E-state index contributed by atoms with van der Waals surface area (Å²) in [6.07, 6.45) is 0. The van der Waals surface area contributed by atoms with Crippen LogP contribution >= 0.6 is 0 Å². The topological polar surface area (TPSA) is 38.4 Å². The molecule has 94 valence electrons. The van der Waals surface area contributed by atoms with Crippen LogP contribution in [0.2, 0.25) is 0 Å². The van der Waals surface area contributed by atoms with Crippen LogP contribution in [0.4, 0.5) is 5.69 Å². The van der Waals surface area contributed by atoms with Crippen molar-refractivity contribution in [2.24, 2.45) is 10.7 Å². The molecule has 0 spiro atoms. The van der Waals surface area contributed by atoms with Crippen molar-refractivity contribution in [3.63, 3.8) is 0 Å². The molecule has 3 aromatic carbocycles. The van der Waals surface area contributed by atoms with Gasteiger partial charge in [0.25, 0.3) is 0 Å². The molecule has 0 radical (unpaired) electrons. The molecular formula is C17H16N2. The first-order valence-corrected chi connectivity index (χ1v) is 6.38. The van der Waals surface area contributed by atoms with E-state index < -0.39 is 0 Å². The monoisotopic (exact) mass is 248 g/mol. The maximum atomic E-state index is 5.68. The number of amidine groups is 1. The summed E-state index contributed by atoms with van der Waals surface area (Å²) in [5, 5.41) is 5.00. The summed E-state index contributed by atoms with van der Waals surface area (Å²) in [5.74, 6) is 0.586. The largest absolute Gasteiger partial charge is 0.387 e.